The van der Waals surface area contributed by atoms with Crippen molar-refractivity contribution >= 4 is 0 Å². The first-order valence-electron chi connectivity index (χ1n) is 5.06. The van der Waals surface area contributed by atoms with Gasteiger partial charge >= 0.3 is 0 Å². The van der Waals surface area contributed by atoms with Crippen LogP contribution in [0, 0.1) is 13.8 Å². The van der Waals surface area contributed by atoms with Crippen LogP contribution < -0.4 is 0 Å². The van der Waals surface area contributed by atoms with Crippen LogP contribution in [0.4, 0.5) is 0 Å². The summed E-state index contributed by atoms with van der Waals surface area (Å²) in [5.41, 5.74) is 0.507. The monoisotopic (exact) mass is 111 g/mol. The molecule has 8 heavy (non-hydrogen) atoms. The van der Waals surface area contributed by atoms with E-state index >= 15 is 0 Å². The lowest BCUT2D eigenvalue weighted by Crippen LogP contribution is -1.70. The van der Waals surface area contributed by atoms with E-state index in [1.54, 1.807) is 6.92 Å². The fraction of sp³-hybridized carbons (Fsp3) is 0.250. The van der Waals surface area contributed by atoms with Gasteiger partial charge in [-0.15, -0.1) is 0 Å². The predicted octanol–water partition coefficient (Wildman–Crippen LogP) is 2.30. The van der Waals surface area contributed by atoms with E-state index in [-0.39, 0.29) is 36.6 Å². The number of benzene rings is 1. The summed E-state index contributed by atoms with van der Waals surface area (Å²) in [5.74, 6) is 0. The van der Waals surface area contributed by atoms with E-state index < -0.39 is 0 Å². The van der Waals surface area contributed by atoms with E-state index in [1.807, 2.05) is 0 Å². The van der Waals surface area contributed by atoms with Crippen molar-refractivity contribution in [2.24, 2.45) is 0 Å². The normalized spacial score (nSPS) is 17.9. The number of rotatable bonds is 0. The van der Waals surface area contributed by atoms with E-state index in [4.69, 9.17) is 6.85 Å². The highest BCUT2D eigenvalue weighted by Crippen LogP contribution is 1.99. The summed E-state index contributed by atoms with van der Waals surface area (Å²) < 4.78 is 36.9. The SMILES string of the molecule is [2H]Cc1c([2H])c([2H])c(C)c([2H])c1[2H]. The molecular weight excluding hydrogens is 96.1 g/mol. The highest BCUT2D eigenvalue weighted by atomic mass is 13.9. The Morgan fingerprint density at radius 3 is 2.25 bits per heavy atom. The molecule has 0 spiro atoms. The minimum atomic E-state index is -0.213. The van der Waals surface area contributed by atoms with Crippen LogP contribution in [0.25, 0.3) is 0 Å². The van der Waals surface area contributed by atoms with Crippen LogP contribution in [0.15, 0.2) is 24.2 Å². The zero-order chi connectivity index (χ0) is 10.2. The standard InChI is InChI=1S/C8H10/c1-7-3-5-8(2)6-4-7/h3-6H,1-2H3/i1D,3D,4D,5D,6D. The third-order valence-electron chi connectivity index (χ3n) is 0.802. The lowest BCUT2D eigenvalue weighted by molar-refractivity contribution is 1.40. The number of hydrogen-bond donors (Lipinski definition) is 0. The molecule has 0 radical (unpaired) electrons. The Balaban J connectivity index is 3.56. The lowest BCUT2D eigenvalue weighted by atomic mass is 10.2. The highest BCUT2D eigenvalue weighted by molar-refractivity contribution is 5.19. The average Bonchev–Trinajstić information content (AvgIpc) is 2.13. The summed E-state index contributed by atoms with van der Waals surface area (Å²) >= 11 is 0. The van der Waals surface area contributed by atoms with Crippen molar-refractivity contribution in [2.75, 3.05) is 0 Å². The molecular formula is C8H10. The molecule has 0 unspecified atom stereocenters. The van der Waals surface area contributed by atoms with E-state index in [0.29, 0.717) is 5.56 Å². The van der Waals surface area contributed by atoms with E-state index in [0.717, 1.165) is 0 Å². The molecule has 1 rings (SSSR count). The average molecular weight is 111 g/mol. The summed E-state index contributed by atoms with van der Waals surface area (Å²) in [5, 5.41) is 0. The Kier molecular flexibility index (Phi) is 0.466. The second-order valence-corrected chi connectivity index (χ2v) is 1.60. The quantitative estimate of drug-likeness (QED) is 0.482. The Morgan fingerprint density at radius 1 is 1.25 bits per heavy atom. The summed E-state index contributed by atoms with van der Waals surface area (Å²) in [6.45, 7) is 1.34. The molecule has 0 nitrogen and oxygen atoms in total. The van der Waals surface area contributed by atoms with Gasteiger partial charge in [0.25, 0.3) is 0 Å². The maximum atomic E-state index is 7.46. The van der Waals surface area contributed by atoms with E-state index in [2.05, 4.69) is 0 Å². The molecule has 0 atom stereocenters. The molecule has 0 aliphatic heterocycles. The molecule has 0 fully saturated rings. The first kappa shape index (κ1) is 1.87. The van der Waals surface area contributed by atoms with Gasteiger partial charge in [0.2, 0.25) is 0 Å². The second kappa shape index (κ2) is 1.99. The van der Waals surface area contributed by atoms with Crippen molar-refractivity contribution in [3.63, 3.8) is 0 Å². The lowest BCUT2D eigenvalue weighted by Gasteiger charge is -1.90. The zero-order valence-corrected chi connectivity index (χ0v) is 4.71. The van der Waals surface area contributed by atoms with Crippen molar-refractivity contribution in [1.29, 1.82) is 0 Å². The topological polar surface area (TPSA) is 0 Å². The third-order valence-corrected chi connectivity index (χ3v) is 0.802. The van der Waals surface area contributed by atoms with Gasteiger partial charge in [-0.3, -0.25) is 0 Å². The maximum absolute atomic E-state index is 7.46. The summed E-state index contributed by atoms with van der Waals surface area (Å²) in [6.07, 6.45) is 0. The largest absolute Gasteiger partial charge is 0.0626 e. The van der Waals surface area contributed by atoms with E-state index in [9.17, 15) is 0 Å². The van der Waals surface area contributed by atoms with Crippen molar-refractivity contribution < 1.29 is 6.85 Å². The van der Waals surface area contributed by atoms with Crippen LogP contribution in [-0.4, -0.2) is 0 Å². The first-order chi connectivity index (χ1) is 6.00. The van der Waals surface area contributed by atoms with Crippen LogP contribution in [0.5, 0.6) is 0 Å². The Bertz CT molecular complexity index is 316. The van der Waals surface area contributed by atoms with Crippen LogP contribution in [-0.2, 0) is 0 Å². The van der Waals surface area contributed by atoms with Gasteiger partial charge in [-0.25, -0.2) is 0 Å². The summed E-state index contributed by atoms with van der Waals surface area (Å²) in [6, 6.07) is -0.256. The van der Waals surface area contributed by atoms with Gasteiger partial charge in [0, 0.05) is 1.37 Å². The third kappa shape index (κ3) is 1.09. The van der Waals surface area contributed by atoms with Crippen LogP contribution >= 0.6 is 0 Å². The molecule has 1 aromatic carbocycles. The smallest absolute Gasteiger partial charge is 0.0591 e. The molecule has 0 saturated carbocycles. The maximum Gasteiger partial charge on any atom is 0.0626 e. The molecule has 0 N–H and O–H groups in total. The Morgan fingerprint density at radius 2 is 1.75 bits per heavy atom. The van der Waals surface area contributed by atoms with Crippen LogP contribution in [0.2, 0.25) is 0 Å². The van der Waals surface area contributed by atoms with Crippen molar-refractivity contribution in [3.05, 3.63) is 35.3 Å². The first-order valence-corrected chi connectivity index (χ1v) is 2.35. The van der Waals surface area contributed by atoms with Crippen LogP contribution in [0.3, 0.4) is 0 Å². The molecule has 0 amide bonds. The minimum Gasteiger partial charge on any atom is -0.0591 e. The van der Waals surface area contributed by atoms with Gasteiger partial charge in [0.1, 0.15) is 0 Å². The Labute approximate surface area is 57.2 Å². The summed E-state index contributed by atoms with van der Waals surface area (Å²) in [4.78, 5) is 0. The van der Waals surface area contributed by atoms with Crippen LogP contribution in [0.1, 0.15) is 18.0 Å². The molecule has 0 aliphatic carbocycles. The molecule has 1 aromatic rings. The predicted molar refractivity (Wildman–Crippen MR) is 35.9 cm³/mol. The minimum absolute atomic E-state index is 0.0387. The molecule has 0 saturated heterocycles. The highest BCUT2D eigenvalue weighted by Gasteiger charge is 1.79. The van der Waals surface area contributed by atoms with Gasteiger partial charge in [-0.2, -0.15) is 0 Å². The summed E-state index contributed by atoms with van der Waals surface area (Å²) in [7, 11) is 0. The van der Waals surface area contributed by atoms with Crippen molar-refractivity contribution in [3.8, 4) is 0 Å². The Hall–Kier alpha value is -0.780. The molecule has 0 aliphatic rings. The van der Waals surface area contributed by atoms with Gasteiger partial charge < -0.3 is 0 Å². The fourth-order valence-corrected chi connectivity index (χ4v) is 0.401. The molecule has 0 aromatic heterocycles. The molecule has 42 valence electrons. The van der Waals surface area contributed by atoms with Gasteiger partial charge in [-0.05, 0) is 13.8 Å². The molecule has 0 heteroatoms. The van der Waals surface area contributed by atoms with Crippen molar-refractivity contribution in [1.82, 2.24) is 0 Å². The fourth-order valence-electron chi connectivity index (χ4n) is 0.401. The van der Waals surface area contributed by atoms with Gasteiger partial charge in [-0.1, -0.05) is 35.3 Å². The van der Waals surface area contributed by atoms with Gasteiger partial charge in [0.05, 0.1) is 5.48 Å². The second-order valence-electron chi connectivity index (χ2n) is 1.60. The van der Waals surface area contributed by atoms with E-state index in [1.165, 1.54) is 0 Å². The molecule has 0 heterocycles. The zero-order valence-electron chi connectivity index (χ0n) is 9.71. The molecule has 0 bridgehead atoms. The van der Waals surface area contributed by atoms with Gasteiger partial charge in [0.15, 0.2) is 0 Å². The van der Waals surface area contributed by atoms with Crippen molar-refractivity contribution in [2.45, 2.75) is 13.8 Å². The number of hydrogen-bond acceptors (Lipinski definition) is 0.